The van der Waals surface area contributed by atoms with Crippen molar-refractivity contribution < 1.29 is 9.72 Å². The minimum Gasteiger partial charge on any atom is -0.342 e. The Labute approximate surface area is 255 Å². The highest BCUT2D eigenvalue weighted by molar-refractivity contribution is 7.98. The van der Waals surface area contributed by atoms with Gasteiger partial charge in [0.25, 0.3) is 11.6 Å². The monoisotopic (exact) mass is 591 g/mol. The second kappa shape index (κ2) is 14.4. The molecule has 0 bridgehead atoms. The van der Waals surface area contributed by atoms with Crippen molar-refractivity contribution in [3.8, 4) is 5.69 Å². The Morgan fingerprint density at radius 3 is 2.14 bits per heavy atom. The third-order valence-electron chi connectivity index (χ3n) is 7.12. The number of aromatic nitrogens is 3. The number of nitrogens with zero attached hydrogens (tertiary/aromatic N) is 4. The molecule has 0 spiro atoms. The summed E-state index contributed by atoms with van der Waals surface area (Å²) in [6, 6.07) is 33.5. The number of carbonyl (C=O) groups is 1. The van der Waals surface area contributed by atoms with E-state index in [4.69, 9.17) is 0 Å². The van der Waals surface area contributed by atoms with Crippen LogP contribution >= 0.6 is 11.8 Å². The first kappa shape index (κ1) is 29.7. The molecule has 5 rings (SSSR count). The van der Waals surface area contributed by atoms with E-state index < -0.39 is 11.0 Å². The lowest BCUT2D eigenvalue weighted by Gasteiger charge is -2.20. The maximum atomic E-state index is 13.6. The number of benzene rings is 4. The number of hydrogen-bond acceptors (Lipinski definition) is 6. The summed E-state index contributed by atoms with van der Waals surface area (Å²) in [4.78, 5) is 24.5. The summed E-state index contributed by atoms with van der Waals surface area (Å²) in [5.41, 5.74) is 4.60. The highest BCUT2D eigenvalue weighted by Gasteiger charge is 2.26. The molecular weight excluding hydrogens is 558 g/mol. The molecule has 1 unspecified atom stereocenters. The number of non-ortho nitro benzene ring substituents is 1. The number of nitrogens with one attached hydrogen (secondary N) is 1. The van der Waals surface area contributed by atoms with E-state index in [1.165, 1.54) is 29.5 Å². The van der Waals surface area contributed by atoms with Crippen molar-refractivity contribution in [2.75, 3.05) is 0 Å². The highest BCUT2D eigenvalue weighted by atomic mass is 32.2. The van der Waals surface area contributed by atoms with Gasteiger partial charge in [0.1, 0.15) is 0 Å². The lowest BCUT2D eigenvalue weighted by atomic mass is 10.0. The topological polar surface area (TPSA) is 103 Å². The van der Waals surface area contributed by atoms with Crippen molar-refractivity contribution in [2.45, 2.75) is 49.6 Å². The van der Waals surface area contributed by atoms with E-state index in [1.54, 1.807) is 12.1 Å². The Balaban J connectivity index is 1.51. The van der Waals surface area contributed by atoms with Gasteiger partial charge in [-0.15, -0.1) is 10.2 Å². The van der Waals surface area contributed by atoms with Gasteiger partial charge in [0.15, 0.2) is 11.0 Å². The van der Waals surface area contributed by atoms with Crippen molar-refractivity contribution in [3.05, 3.63) is 147 Å². The first-order valence-corrected chi connectivity index (χ1v) is 15.3. The fourth-order valence-electron chi connectivity index (χ4n) is 4.79. The van der Waals surface area contributed by atoms with Gasteiger partial charge in [-0.2, -0.15) is 0 Å². The Hall–Kier alpha value is -4.76. The maximum absolute atomic E-state index is 13.6. The van der Waals surface area contributed by atoms with Crippen LogP contribution in [-0.4, -0.2) is 25.6 Å². The van der Waals surface area contributed by atoms with Crippen molar-refractivity contribution in [2.24, 2.45) is 0 Å². The zero-order valence-electron chi connectivity index (χ0n) is 23.9. The molecule has 0 aliphatic carbocycles. The smallest absolute Gasteiger partial charge is 0.269 e. The molecule has 9 heteroatoms. The summed E-state index contributed by atoms with van der Waals surface area (Å²) < 4.78 is 1.89. The van der Waals surface area contributed by atoms with Gasteiger partial charge in [-0.1, -0.05) is 97.9 Å². The predicted octanol–water partition coefficient (Wildman–Crippen LogP) is 7.52. The zero-order chi connectivity index (χ0) is 30.0. The van der Waals surface area contributed by atoms with Crippen LogP contribution in [0.4, 0.5) is 5.69 Å². The van der Waals surface area contributed by atoms with Crippen LogP contribution in [0.2, 0.25) is 0 Å². The van der Waals surface area contributed by atoms with Crippen LogP contribution < -0.4 is 5.32 Å². The summed E-state index contributed by atoms with van der Waals surface area (Å²) in [6.45, 7) is 2.16. The Morgan fingerprint density at radius 2 is 1.51 bits per heavy atom. The summed E-state index contributed by atoms with van der Waals surface area (Å²) >= 11 is 1.52. The Bertz CT molecular complexity index is 1640. The van der Waals surface area contributed by atoms with Crippen LogP contribution in [0.3, 0.4) is 0 Å². The number of hydrogen-bond donors (Lipinski definition) is 1. The summed E-state index contributed by atoms with van der Waals surface area (Å²) in [5.74, 6) is 0.993. The lowest BCUT2D eigenvalue weighted by molar-refractivity contribution is -0.384. The number of amides is 1. The van der Waals surface area contributed by atoms with Crippen LogP contribution in [-0.2, 0) is 18.6 Å². The minimum atomic E-state index is -0.525. The van der Waals surface area contributed by atoms with Crippen LogP contribution in [0.1, 0.15) is 58.7 Å². The van der Waals surface area contributed by atoms with Crippen LogP contribution in [0.25, 0.3) is 5.69 Å². The SMILES string of the molecule is CCCCc1ccc(C(=O)NC(Cc2ccccc2)c2nnc(SCc3ccccc3)n2-c2ccc([N+](=O)[O-])cc2)cc1. The number of nitro benzene ring substituents is 1. The van der Waals surface area contributed by atoms with Gasteiger partial charge < -0.3 is 5.32 Å². The van der Waals surface area contributed by atoms with Crippen molar-refractivity contribution in [1.29, 1.82) is 0 Å². The minimum absolute atomic E-state index is 0.00612. The second-order valence-electron chi connectivity index (χ2n) is 10.2. The second-order valence-corrected chi connectivity index (χ2v) is 11.2. The fourth-order valence-corrected chi connectivity index (χ4v) is 5.71. The molecule has 0 radical (unpaired) electrons. The average Bonchev–Trinajstić information content (AvgIpc) is 3.47. The standard InChI is InChI=1S/C34H33N5O3S/c1-2-3-10-25-15-17-28(18-16-25)33(40)35-31(23-26-11-6-4-7-12-26)32-36-37-34(43-24-27-13-8-5-9-14-27)38(32)29-19-21-30(22-20-29)39(41)42/h4-9,11-22,31H,2-3,10,23-24H2,1H3,(H,35,40). The van der Waals surface area contributed by atoms with E-state index >= 15 is 0 Å². The number of nitro groups is 1. The van der Waals surface area contributed by atoms with Crippen LogP contribution in [0.15, 0.2) is 114 Å². The lowest BCUT2D eigenvalue weighted by Crippen LogP contribution is -2.32. The summed E-state index contributed by atoms with van der Waals surface area (Å²) in [7, 11) is 0. The molecule has 4 aromatic carbocycles. The molecule has 218 valence electrons. The van der Waals surface area contributed by atoms with Crippen molar-refractivity contribution >= 4 is 23.4 Å². The quantitative estimate of drug-likeness (QED) is 0.0863. The fraction of sp³-hybridized carbons (Fsp3) is 0.206. The average molecular weight is 592 g/mol. The molecule has 0 aliphatic heterocycles. The molecule has 1 N–H and O–H groups in total. The van der Waals surface area contributed by atoms with Gasteiger partial charge in [-0.05, 0) is 60.2 Å². The number of rotatable bonds is 13. The predicted molar refractivity (Wildman–Crippen MR) is 169 cm³/mol. The molecule has 0 saturated heterocycles. The molecule has 5 aromatic rings. The van der Waals surface area contributed by atoms with E-state index in [0.29, 0.717) is 34.4 Å². The third kappa shape index (κ3) is 7.75. The van der Waals surface area contributed by atoms with E-state index in [0.717, 1.165) is 30.4 Å². The zero-order valence-corrected chi connectivity index (χ0v) is 24.7. The van der Waals surface area contributed by atoms with Gasteiger partial charge in [-0.3, -0.25) is 19.5 Å². The molecule has 8 nitrogen and oxygen atoms in total. The molecule has 0 saturated carbocycles. The van der Waals surface area contributed by atoms with Gasteiger partial charge in [-0.25, -0.2) is 0 Å². The van der Waals surface area contributed by atoms with Gasteiger partial charge in [0, 0.05) is 29.1 Å². The number of carbonyl (C=O) groups excluding carboxylic acids is 1. The molecular formula is C34H33N5O3S. The van der Waals surface area contributed by atoms with Gasteiger partial charge in [0.2, 0.25) is 0 Å². The largest absolute Gasteiger partial charge is 0.342 e. The first-order valence-electron chi connectivity index (χ1n) is 14.3. The molecule has 0 fully saturated rings. The Morgan fingerprint density at radius 1 is 0.860 bits per heavy atom. The number of unbranched alkanes of at least 4 members (excludes halogenated alkanes) is 1. The molecule has 1 atom stereocenters. The Kier molecular flexibility index (Phi) is 9.97. The summed E-state index contributed by atoms with van der Waals surface area (Å²) in [5, 5.41) is 24.3. The maximum Gasteiger partial charge on any atom is 0.269 e. The molecule has 43 heavy (non-hydrogen) atoms. The van der Waals surface area contributed by atoms with Gasteiger partial charge in [0.05, 0.1) is 11.0 Å². The van der Waals surface area contributed by atoms with Gasteiger partial charge >= 0.3 is 0 Å². The first-order chi connectivity index (χ1) is 21.0. The third-order valence-corrected chi connectivity index (χ3v) is 8.12. The van der Waals surface area contributed by atoms with E-state index in [2.05, 4.69) is 22.4 Å². The van der Waals surface area contributed by atoms with Crippen molar-refractivity contribution in [1.82, 2.24) is 20.1 Å². The van der Waals surface area contributed by atoms with Crippen molar-refractivity contribution in [3.63, 3.8) is 0 Å². The van der Waals surface area contributed by atoms with Crippen LogP contribution in [0.5, 0.6) is 0 Å². The molecule has 1 heterocycles. The van der Waals surface area contributed by atoms with E-state index in [1.807, 2.05) is 89.5 Å². The van der Waals surface area contributed by atoms with Crippen LogP contribution in [0, 0.1) is 10.1 Å². The molecule has 1 amide bonds. The highest BCUT2D eigenvalue weighted by Crippen LogP contribution is 2.30. The number of aryl methyl sites for hydroxylation is 1. The van der Waals surface area contributed by atoms with E-state index in [9.17, 15) is 14.9 Å². The number of thioether (sulfide) groups is 1. The van der Waals surface area contributed by atoms with E-state index in [-0.39, 0.29) is 11.6 Å². The normalized spacial score (nSPS) is 11.7. The summed E-state index contributed by atoms with van der Waals surface area (Å²) in [6.07, 6.45) is 3.69. The molecule has 1 aromatic heterocycles. The molecule has 0 aliphatic rings.